The number of aryl methyl sites for hydroxylation is 1. The number of aliphatic carboxylic acids is 1. The molecule has 0 spiro atoms. The van der Waals surface area contributed by atoms with Crippen molar-refractivity contribution >= 4 is 11.9 Å². The summed E-state index contributed by atoms with van der Waals surface area (Å²) < 4.78 is 0. The molecule has 80 valence electrons. The Balaban J connectivity index is 3.26. The zero-order chi connectivity index (χ0) is 11.4. The molecule has 0 saturated heterocycles. The fourth-order valence-corrected chi connectivity index (χ4v) is 1.53. The van der Waals surface area contributed by atoms with Crippen molar-refractivity contribution in [1.29, 1.82) is 0 Å². The zero-order valence-electron chi connectivity index (χ0n) is 8.36. The Morgan fingerprint density at radius 3 is 2.40 bits per heavy atom. The predicted octanol–water partition coefficient (Wildman–Crippen LogP) is 1.57. The van der Waals surface area contributed by atoms with Crippen molar-refractivity contribution in [2.45, 2.75) is 19.8 Å². The van der Waals surface area contributed by atoms with E-state index in [0.717, 1.165) is 5.56 Å². The van der Waals surface area contributed by atoms with E-state index in [9.17, 15) is 9.59 Å². The van der Waals surface area contributed by atoms with E-state index in [1.165, 1.54) is 6.07 Å². The van der Waals surface area contributed by atoms with Crippen LogP contribution in [0.15, 0.2) is 18.2 Å². The minimum absolute atomic E-state index is 0.0803. The van der Waals surface area contributed by atoms with E-state index in [1.54, 1.807) is 12.1 Å². The number of aromatic carboxylic acids is 1. The summed E-state index contributed by atoms with van der Waals surface area (Å²) in [5, 5.41) is 17.6. The van der Waals surface area contributed by atoms with Crippen LogP contribution in [0.5, 0.6) is 0 Å². The average Bonchev–Trinajstić information content (AvgIpc) is 2.16. The number of carbonyl (C=O) groups is 2. The second kappa shape index (κ2) is 4.59. The second-order valence-electron chi connectivity index (χ2n) is 3.17. The summed E-state index contributed by atoms with van der Waals surface area (Å²) in [7, 11) is 0. The Morgan fingerprint density at radius 1 is 1.27 bits per heavy atom. The first-order valence-electron chi connectivity index (χ1n) is 4.62. The van der Waals surface area contributed by atoms with Crippen LogP contribution in [-0.4, -0.2) is 22.2 Å². The molecule has 1 aromatic rings. The van der Waals surface area contributed by atoms with Crippen LogP contribution >= 0.6 is 0 Å². The lowest BCUT2D eigenvalue weighted by molar-refractivity contribution is -0.136. The largest absolute Gasteiger partial charge is 0.481 e. The summed E-state index contributed by atoms with van der Waals surface area (Å²) >= 11 is 0. The Morgan fingerprint density at radius 2 is 1.93 bits per heavy atom. The summed E-state index contributed by atoms with van der Waals surface area (Å²) in [6.45, 7) is 1.87. The highest BCUT2D eigenvalue weighted by atomic mass is 16.4. The molecule has 0 heterocycles. The lowest BCUT2D eigenvalue weighted by atomic mass is 9.97. The van der Waals surface area contributed by atoms with Crippen LogP contribution in [0, 0.1) is 0 Å². The van der Waals surface area contributed by atoms with Gasteiger partial charge in [-0.25, -0.2) is 4.79 Å². The Labute approximate surface area is 87.2 Å². The van der Waals surface area contributed by atoms with Gasteiger partial charge in [-0.1, -0.05) is 19.1 Å². The molecule has 15 heavy (non-hydrogen) atoms. The quantitative estimate of drug-likeness (QED) is 0.787. The maximum Gasteiger partial charge on any atom is 0.335 e. The summed E-state index contributed by atoms with van der Waals surface area (Å²) in [5.41, 5.74) is 1.26. The minimum atomic E-state index is -1.08. The van der Waals surface area contributed by atoms with Crippen LogP contribution in [0.3, 0.4) is 0 Å². The molecule has 4 heteroatoms. The summed E-state index contributed by atoms with van der Waals surface area (Å²) in [4.78, 5) is 21.5. The normalized spacial score (nSPS) is 9.93. The van der Waals surface area contributed by atoms with Crippen LogP contribution in [-0.2, 0) is 17.6 Å². The van der Waals surface area contributed by atoms with Gasteiger partial charge in [0.2, 0.25) is 0 Å². The number of benzene rings is 1. The molecular formula is C11H12O4. The van der Waals surface area contributed by atoms with Gasteiger partial charge in [-0.15, -0.1) is 0 Å². The van der Waals surface area contributed by atoms with Gasteiger partial charge < -0.3 is 10.2 Å². The number of carboxylic acid groups (broad SMARTS) is 2. The molecule has 0 fully saturated rings. The molecule has 2 N–H and O–H groups in total. The second-order valence-corrected chi connectivity index (χ2v) is 3.17. The summed E-state index contributed by atoms with van der Waals surface area (Å²) in [6.07, 6.45) is 0.384. The summed E-state index contributed by atoms with van der Waals surface area (Å²) in [5.74, 6) is -2.10. The number of rotatable bonds is 4. The molecule has 0 aliphatic carbocycles. The van der Waals surface area contributed by atoms with Gasteiger partial charge in [0.05, 0.1) is 12.0 Å². The SMILES string of the molecule is CCc1cccc(C(=O)O)c1CC(=O)O. The third kappa shape index (κ3) is 2.56. The van der Waals surface area contributed by atoms with Crippen LogP contribution < -0.4 is 0 Å². The molecule has 4 nitrogen and oxygen atoms in total. The fraction of sp³-hybridized carbons (Fsp3) is 0.273. The molecule has 0 amide bonds. The molecule has 0 bridgehead atoms. The van der Waals surface area contributed by atoms with Crippen molar-refractivity contribution in [2.24, 2.45) is 0 Å². The van der Waals surface area contributed by atoms with Gasteiger partial charge in [0.15, 0.2) is 0 Å². The minimum Gasteiger partial charge on any atom is -0.481 e. The highest BCUT2D eigenvalue weighted by Crippen LogP contribution is 2.16. The average molecular weight is 208 g/mol. The number of hydrogen-bond donors (Lipinski definition) is 2. The van der Waals surface area contributed by atoms with Gasteiger partial charge in [-0.2, -0.15) is 0 Å². The van der Waals surface area contributed by atoms with Crippen molar-refractivity contribution in [3.05, 3.63) is 34.9 Å². The molecule has 0 aliphatic rings. The van der Waals surface area contributed by atoms with Crippen molar-refractivity contribution in [1.82, 2.24) is 0 Å². The van der Waals surface area contributed by atoms with E-state index < -0.39 is 11.9 Å². The van der Waals surface area contributed by atoms with Crippen LogP contribution in [0.4, 0.5) is 0 Å². The van der Waals surface area contributed by atoms with Crippen molar-refractivity contribution in [2.75, 3.05) is 0 Å². The topological polar surface area (TPSA) is 74.6 Å². The monoisotopic (exact) mass is 208 g/mol. The van der Waals surface area contributed by atoms with Gasteiger partial charge in [0.25, 0.3) is 0 Å². The molecule has 0 aromatic heterocycles. The zero-order valence-corrected chi connectivity index (χ0v) is 8.36. The van der Waals surface area contributed by atoms with Gasteiger partial charge >= 0.3 is 11.9 Å². The molecule has 0 atom stereocenters. The standard InChI is InChI=1S/C11H12O4/c1-2-7-4-3-5-8(11(14)15)9(7)6-10(12)13/h3-5H,2,6H2,1H3,(H,12,13)(H,14,15). The van der Waals surface area contributed by atoms with Gasteiger partial charge in [-0.05, 0) is 23.6 Å². The maximum absolute atomic E-state index is 10.9. The lowest BCUT2D eigenvalue weighted by Crippen LogP contribution is -2.10. The van der Waals surface area contributed by atoms with E-state index in [2.05, 4.69) is 0 Å². The third-order valence-electron chi connectivity index (χ3n) is 2.21. The Bertz CT molecular complexity index is 396. The van der Waals surface area contributed by atoms with E-state index in [-0.39, 0.29) is 12.0 Å². The molecule has 0 unspecified atom stereocenters. The van der Waals surface area contributed by atoms with Crippen LogP contribution in [0.2, 0.25) is 0 Å². The highest BCUT2D eigenvalue weighted by Gasteiger charge is 2.15. The molecule has 0 saturated carbocycles. The molecular weight excluding hydrogens is 196 g/mol. The predicted molar refractivity (Wildman–Crippen MR) is 54.1 cm³/mol. The van der Waals surface area contributed by atoms with Crippen LogP contribution in [0.1, 0.15) is 28.4 Å². The van der Waals surface area contributed by atoms with E-state index in [1.807, 2.05) is 6.92 Å². The van der Waals surface area contributed by atoms with Crippen LogP contribution in [0.25, 0.3) is 0 Å². The van der Waals surface area contributed by atoms with Gasteiger partial charge in [0.1, 0.15) is 0 Å². The van der Waals surface area contributed by atoms with Crippen molar-refractivity contribution in [3.63, 3.8) is 0 Å². The van der Waals surface area contributed by atoms with Gasteiger partial charge in [0, 0.05) is 0 Å². The highest BCUT2D eigenvalue weighted by molar-refractivity contribution is 5.91. The lowest BCUT2D eigenvalue weighted by Gasteiger charge is -2.08. The third-order valence-corrected chi connectivity index (χ3v) is 2.21. The first-order chi connectivity index (χ1) is 7.06. The van der Waals surface area contributed by atoms with Crippen molar-refractivity contribution < 1.29 is 19.8 Å². The first kappa shape index (κ1) is 11.2. The van der Waals surface area contributed by atoms with E-state index in [0.29, 0.717) is 12.0 Å². The molecule has 0 radical (unpaired) electrons. The molecule has 1 aromatic carbocycles. The van der Waals surface area contributed by atoms with E-state index in [4.69, 9.17) is 10.2 Å². The molecule has 1 rings (SSSR count). The Kier molecular flexibility index (Phi) is 3.44. The number of carboxylic acids is 2. The smallest absolute Gasteiger partial charge is 0.335 e. The van der Waals surface area contributed by atoms with Gasteiger partial charge in [-0.3, -0.25) is 4.79 Å². The summed E-state index contributed by atoms with van der Waals surface area (Å²) in [6, 6.07) is 4.82. The van der Waals surface area contributed by atoms with E-state index >= 15 is 0 Å². The first-order valence-corrected chi connectivity index (χ1v) is 4.62. The van der Waals surface area contributed by atoms with Crippen molar-refractivity contribution in [3.8, 4) is 0 Å². The maximum atomic E-state index is 10.9. The Hall–Kier alpha value is -1.84. The fourth-order valence-electron chi connectivity index (χ4n) is 1.53. The molecule has 0 aliphatic heterocycles. The number of hydrogen-bond acceptors (Lipinski definition) is 2.